The van der Waals surface area contributed by atoms with E-state index in [-0.39, 0.29) is 6.61 Å². The Morgan fingerprint density at radius 3 is 2.53 bits per heavy atom. The summed E-state index contributed by atoms with van der Waals surface area (Å²) < 4.78 is 43.4. The number of carbonyl (C=O) groups is 1. The van der Waals surface area contributed by atoms with Crippen LogP contribution in [-0.4, -0.2) is 27.5 Å². The van der Waals surface area contributed by atoms with E-state index in [0.717, 1.165) is 12.1 Å². The second-order valence-electron chi connectivity index (χ2n) is 6.77. The van der Waals surface area contributed by atoms with Crippen molar-refractivity contribution in [1.29, 1.82) is 0 Å². The van der Waals surface area contributed by atoms with Crippen LogP contribution in [0.25, 0.3) is 22.2 Å². The summed E-state index contributed by atoms with van der Waals surface area (Å²) in [7, 11) is 0. The molecular weight excluding hydrogens is 421 g/mol. The third kappa shape index (κ3) is 4.36. The fourth-order valence-electron chi connectivity index (χ4n) is 3.19. The van der Waals surface area contributed by atoms with Crippen LogP contribution in [0.3, 0.4) is 0 Å². The zero-order valence-corrected chi connectivity index (χ0v) is 16.8. The monoisotopic (exact) mass is 438 g/mol. The summed E-state index contributed by atoms with van der Waals surface area (Å²) in [6.07, 6.45) is -1.46. The number of alkyl halides is 3. The van der Waals surface area contributed by atoms with Gasteiger partial charge in [0.1, 0.15) is 12.1 Å². The average molecular weight is 438 g/mol. The third-order valence-corrected chi connectivity index (χ3v) is 4.69. The van der Waals surface area contributed by atoms with Crippen LogP contribution in [0.15, 0.2) is 67.1 Å². The lowest BCUT2D eigenvalue weighted by molar-refractivity contribution is -0.137. The van der Waals surface area contributed by atoms with Crippen molar-refractivity contribution >= 4 is 28.4 Å². The summed E-state index contributed by atoms with van der Waals surface area (Å²) in [5, 5.41) is 3.68. The molecule has 0 fully saturated rings. The zero-order chi connectivity index (χ0) is 22.7. The minimum Gasteiger partial charge on any atom is -0.462 e. The Bertz CT molecular complexity index is 1270. The number of ether oxygens (including phenoxy) is 1. The largest absolute Gasteiger partial charge is 0.462 e. The van der Waals surface area contributed by atoms with Gasteiger partial charge in [0.25, 0.3) is 0 Å². The molecule has 2 heterocycles. The first-order valence-corrected chi connectivity index (χ1v) is 9.68. The van der Waals surface area contributed by atoms with Crippen LogP contribution in [0.1, 0.15) is 22.8 Å². The highest BCUT2D eigenvalue weighted by atomic mass is 19.4. The first-order chi connectivity index (χ1) is 15.4. The molecule has 0 saturated carbocycles. The molecule has 6 nitrogen and oxygen atoms in total. The number of esters is 1. The van der Waals surface area contributed by atoms with Gasteiger partial charge in [0.2, 0.25) is 0 Å². The van der Waals surface area contributed by atoms with Gasteiger partial charge in [-0.25, -0.2) is 14.8 Å². The fourth-order valence-corrected chi connectivity index (χ4v) is 3.19. The molecule has 2 aromatic carbocycles. The molecule has 0 atom stereocenters. The lowest BCUT2D eigenvalue weighted by Crippen LogP contribution is -2.07. The fraction of sp³-hybridized carbons (Fsp3) is 0.130. The molecule has 162 valence electrons. The van der Waals surface area contributed by atoms with E-state index in [2.05, 4.69) is 20.3 Å². The van der Waals surface area contributed by atoms with Crippen molar-refractivity contribution in [2.24, 2.45) is 0 Å². The van der Waals surface area contributed by atoms with E-state index in [0.29, 0.717) is 39.2 Å². The summed E-state index contributed by atoms with van der Waals surface area (Å²) in [6, 6.07) is 13.3. The lowest BCUT2D eigenvalue weighted by Gasteiger charge is -2.12. The van der Waals surface area contributed by atoms with Gasteiger partial charge in [-0.2, -0.15) is 13.2 Å². The third-order valence-electron chi connectivity index (χ3n) is 4.69. The van der Waals surface area contributed by atoms with E-state index in [1.807, 2.05) is 0 Å². The Hall–Kier alpha value is -4.01. The number of nitrogens with one attached hydrogen (secondary N) is 1. The smallest absolute Gasteiger partial charge is 0.416 e. The maximum atomic E-state index is 12.8. The molecule has 0 spiro atoms. The SMILES string of the molecule is CCOC(=O)c1cccnc1-c1ccc2c(Nc3ccc(C(F)(F)F)cc3)ncnc2c1. The number of halogens is 3. The summed E-state index contributed by atoms with van der Waals surface area (Å²) >= 11 is 0. The van der Waals surface area contributed by atoms with Crippen LogP contribution in [0, 0.1) is 0 Å². The highest BCUT2D eigenvalue weighted by molar-refractivity contribution is 5.98. The number of hydrogen-bond acceptors (Lipinski definition) is 6. The molecule has 0 aliphatic heterocycles. The molecular formula is C23H17F3N4O2. The standard InChI is InChI=1S/C23H17F3N4O2/c1-2-32-22(31)18-4-3-11-27-20(18)14-5-10-17-19(12-14)28-13-29-21(17)30-16-8-6-15(7-9-16)23(24,25)26/h3-13H,2H2,1H3,(H,28,29,30). The van der Waals surface area contributed by atoms with Gasteiger partial charge in [0.05, 0.1) is 28.9 Å². The van der Waals surface area contributed by atoms with E-state index in [9.17, 15) is 18.0 Å². The summed E-state index contributed by atoms with van der Waals surface area (Å²) in [6.45, 7) is 1.98. The number of rotatable bonds is 5. The second-order valence-corrected chi connectivity index (χ2v) is 6.77. The molecule has 9 heteroatoms. The molecule has 0 aliphatic rings. The minimum atomic E-state index is -4.40. The predicted molar refractivity (Wildman–Crippen MR) is 113 cm³/mol. The highest BCUT2D eigenvalue weighted by Gasteiger charge is 2.30. The van der Waals surface area contributed by atoms with Crippen LogP contribution < -0.4 is 5.32 Å². The normalized spacial score (nSPS) is 11.4. The van der Waals surface area contributed by atoms with Crippen molar-refractivity contribution in [3.8, 4) is 11.3 Å². The van der Waals surface area contributed by atoms with Crippen molar-refractivity contribution in [3.05, 3.63) is 78.2 Å². The van der Waals surface area contributed by atoms with Crippen molar-refractivity contribution in [2.75, 3.05) is 11.9 Å². The molecule has 1 N–H and O–H groups in total. The molecule has 0 aliphatic carbocycles. The van der Waals surface area contributed by atoms with Gasteiger partial charge in [-0.15, -0.1) is 0 Å². The van der Waals surface area contributed by atoms with Crippen molar-refractivity contribution in [2.45, 2.75) is 13.1 Å². The summed E-state index contributed by atoms with van der Waals surface area (Å²) in [5.41, 5.74) is 1.77. The van der Waals surface area contributed by atoms with Gasteiger partial charge in [0, 0.05) is 22.8 Å². The molecule has 4 aromatic rings. The maximum absolute atomic E-state index is 12.8. The molecule has 0 saturated heterocycles. The van der Waals surface area contributed by atoms with Crippen molar-refractivity contribution in [3.63, 3.8) is 0 Å². The molecule has 0 bridgehead atoms. The van der Waals surface area contributed by atoms with E-state index >= 15 is 0 Å². The van der Waals surface area contributed by atoms with Gasteiger partial charge in [0.15, 0.2) is 0 Å². The van der Waals surface area contributed by atoms with Crippen molar-refractivity contribution in [1.82, 2.24) is 15.0 Å². The molecule has 4 rings (SSSR count). The summed E-state index contributed by atoms with van der Waals surface area (Å²) in [4.78, 5) is 25.1. The number of nitrogens with zero attached hydrogens (tertiary/aromatic N) is 3. The number of fused-ring (bicyclic) bond motifs is 1. The Balaban J connectivity index is 1.68. The number of carbonyl (C=O) groups excluding carboxylic acids is 1. The van der Waals surface area contributed by atoms with E-state index in [4.69, 9.17) is 4.74 Å². The van der Waals surface area contributed by atoms with E-state index in [1.54, 1.807) is 43.5 Å². The number of aromatic nitrogens is 3. The van der Waals surface area contributed by atoms with Crippen LogP contribution in [0.2, 0.25) is 0 Å². The van der Waals surface area contributed by atoms with Gasteiger partial charge in [-0.3, -0.25) is 4.98 Å². The van der Waals surface area contributed by atoms with Gasteiger partial charge in [-0.05, 0) is 55.5 Å². The number of hydrogen-bond donors (Lipinski definition) is 1. The van der Waals surface area contributed by atoms with Crippen molar-refractivity contribution < 1.29 is 22.7 Å². The van der Waals surface area contributed by atoms with Crippen LogP contribution in [-0.2, 0) is 10.9 Å². The van der Waals surface area contributed by atoms with E-state index in [1.165, 1.54) is 18.5 Å². The minimum absolute atomic E-state index is 0.247. The first-order valence-electron chi connectivity index (χ1n) is 9.68. The Kier molecular flexibility index (Phi) is 5.72. The Morgan fingerprint density at radius 2 is 1.81 bits per heavy atom. The van der Waals surface area contributed by atoms with Gasteiger partial charge in [-0.1, -0.05) is 6.07 Å². The number of pyridine rings is 1. The topological polar surface area (TPSA) is 77.0 Å². The molecule has 0 radical (unpaired) electrons. The lowest BCUT2D eigenvalue weighted by atomic mass is 10.0. The van der Waals surface area contributed by atoms with Gasteiger partial charge < -0.3 is 10.1 Å². The summed E-state index contributed by atoms with van der Waals surface area (Å²) in [5.74, 6) is -0.0315. The zero-order valence-electron chi connectivity index (χ0n) is 16.8. The second kappa shape index (κ2) is 8.62. The first kappa shape index (κ1) is 21.2. The van der Waals surface area contributed by atoms with Crippen LogP contribution in [0.5, 0.6) is 0 Å². The molecule has 0 amide bonds. The maximum Gasteiger partial charge on any atom is 0.416 e. The van der Waals surface area contributed by atoms with Crippen LogP contribution in [0.4, 0.5) is 24.7 Å². The Labute approximate surface area is 181 Å². The predicted octanol–water partition coefficient (Wildman–Crippen LogP) is 5.63. The Morgan fingerprint density at radius 1 is 1.03 bits per heavy atom. The van der Waals surface area contributed by atoms with E-state index < -0.39 is 17.7 Å². The quantitative estimate of drug-likeness (QED) is 0.407. The average Bonchev–Trinajstić information content (AvgIpc) is 2.79. The molecule has 2 aromatic heterocycles. The number of anilines is 2. The number of benzene rings is 2. The highest BCUT2D eigenvalue weighted by Crippen LogP contribution is 2.32. The van der Waals surface area contributed by atoms with Crippen LogP contribution >= 0.6 is 0 Å². The van der Waals surface area contributed by atoms with Gasteiger partial charge >= 0.3 is 12.1 Å². The molecule has 32 heavy (non-hydrogen) atoms. The molecule has 0 unspecified atom stereocenters.